The number of ether oxygens (including phenoxy) is 1. The number of rotatable bonds is 2. The fraction of sp³-hybridized carbons (Fsp3) is 0.0286. The van der Waals surface area contributed by atoms with Crippen molar-refractivity contribution in [1.82, 2.24) is 0 Å². The molecule has 6 nitrogen and oxygen atoms in total. The Hall–Kier alpha value is -5.98. The summed E-state index contributed by atoms with van der Waals surface area (Å²) in [6.45, 7) is 0. The van der Waals surface area contributed by atoms with E-state index in [1.54, 1.807) is 6.21 Å². The number of anilines is 3. The Labute approximate surface area is 236 Å². The molecule has 41 heavy (non-hydrogen) atoms. The second-order valence-electron chi connectivity index (χ2n) is 10.1. The molecule has 0 unspecified atom stereocenters. The first kappa shape index (κ1) is 23.0. The first-order valence-electron chi connectivity index (χ1n) is 13.2. The summed E-state index contributed by atoms with van der Waals surface area (Å²) in [5.41, 5.74) is 8.33. The van der Waals surface area contributed by atoms with Gasteiger partial charge in [-0.2, -0.15) is 10.5 Å². The van der Waals surface area contributed by atoms with Crippen molar-refractivity contribution in [2.75, 3.05) is 4.90 Å². The van der Waals surface area contributed by atoms with Gasteiger partial charge in [0.15, 0.2) is 11.5 Å². The maximum atomic E-state index is 9.61. The van der Waals surface area contributed by atoms with Crippen molar-refractivity contribution in [3.63, 3.8) is 0 Å². The quantitative estimate of drug-likeness (QED) is 0.231. The molecule has 5 aromatic carbocycles. The van der Waals surface area contributed by atoms with Crippen molar-refractivity contribution in [2.45, 2.75) is 5.66 Å². The molecule has 0 N–H and O–H groups in total. The number of nitrogens with zero attached hydrogens (tertiary/aromatic N) is 5. The third kappa shape index (κ3) is 3.29. The van der Waals surface area contributed by atoms with Crippen LogP contribution in [0, 0.1) is 22.7 Å². The number of para-hydroxylation sites is 4. The second kappa shape index (κ2) is 8.51. The second-order valence-corrected chi connectivity index (χ2v) is 10.1. The van der Waals surface area contributed by atoms with Crippen LogP contribution in [0.5, 0.6) is 11.5 Å². The van der Waals surface area contributed by atoms with Crippen molar-refractivity contribution in [1.29, 1.82) is 10.5 Å². The lowest BCUT2D eigenvalue weighted by Crippen LogP contribution is -2.18. The molecular formula is C35H19N5O. The summed E-state index contributed by atoms with van der Waals surface area (Å²) in [6, 6.07) is 40.0. The molecule has 0 fully saturated rings. The van der Waals surface area contributed by atoms with Crippen LogP contribution in [0.25, 0.3) is 11.1 Å². The van der Waals surface area contributed by atoms with Gasteiger partial charge in [0.25, 0.3) is 0 Å². The molecule has 6 heteroatoms. The van der Waals surface area contributed by atoms with Gasteiger partial charge in [-0.1, -0.05) is 48.5 Å². The highest BCUT2D eigenvalue weighted by molar-refractivity contribution is 6.39. The minimum atomic E-state index is -1.03. The fourth-order valence-electron chi connectivity index (χ4n) is 5.97. The minimum Gasteiger partial charge on any atom is -0.453 e. The molecule has 8 rings (SSSR count). The topological polar surface area (TPSA) is 84.8 Å². The van der Waals surface area contributed by atoms with E-state index in [0.29, 0.717) is 11.1 Å². The molecular weight excluding hydrogens is 506 g/mol. The van der Waals surface area contributed by atoms with Crippen molar-refractivity contribution >= 4 is 29.0 Å². The highest BCUT2D eigenvalue weighted by Crippen LogP contribution is 2.53. The number of fused-ring (bicyclic) bond motifs is 7. The Balaban J connectivity index is 1.23. The lowest BCUT2D eigenvalue weighted by atomic mass is 9.96. The molecule has 0 aromatic heterocycles. The van der Waals surface area contributed by atoms with E-state index in [0.717, 1.165) is 62.1 Å². The van der Waals surface area contributed by atoms with Gasteiger partial charge in [0, 0.05) is 22.4 Å². The highest BCUT2D eigenvalue weighted by atomic mass is 16.5. The summed E-state index contributed by atoms with van der Waals surface area (Å²) in [5.74, 6) is 1.60. The van der Waals surface area contributed by atoms with Crippen LogP contribution in [-0.2, 0) is 5.66 Å². The van der Waals surface area contributed by atoms with Crippen molar-refractivity contribution < 1.29 is 4.74 Å². The van der Waals surface area contributed by atoms with Crippen molar-refractivity contribution in [3.05, 3.63) is 137 Å². The Bertz CT molecular complexity index is 1950. The Morgan fingerprint density at radius 2 is 1.22 bits per heavy atom. The monoisotopic (exact) mass is 525 g/mol. The Morgan fingerprint density at radius 1 is 0.659 bits per heavy atom. The maximum absolute atomic E-state index is 9.61. The molecule has 190 valence electrons. The van der Waals surface area contributed by atoms with E-state index >= 15 is 0 Å². The molecule has 2 aliphatic heterocycles. The van der Waals surface area contributed by atoms with Crippen LogP contribution >= 0.6 is 0 Å². The average Bonchev–Trinajstić information content (AvgIpc) is 3.60. The van der Waals surface area contributed by atoms with Gasteiger partial charge in [-0.15, -0.1) is 0 Å². The Kier molecular flexibility index (Phi) is 4.76. The predicted octanol–water partition coefficient (Wildman–Crippen LogP) is 7.76. The first-order chi connectivity index (χ1) is 20.2. The third-order valence-electron chi connectivity index (χ3n) is 7.85. The van der Waals surface area contributed by atoms with Crippen molar-refractivity contribution in [2.24, 2.45) is 9.98 Å². The summed E-state index contributed by atoms with van der Waals surface area (Å²) in [4.78, 5) is 12.3. The lowest BCUT2D eigenvalue weighted by molar-refractivity contribution is 0.477. The summed E-state index contributed by atoms with van der Waals surface area (Å²) < 4.78 is 6.16. The molecule has 5 aromatic rings. The summed E-state index contributed by atoms with van der Waals surface area (Å²) in [7, 11) is 0. The van der Waals surface area contributed by atoms with Gasteiger partial charge < -0.3 is 9.64 Å². The zero-order chi connectivity index (χ0) is 27.6. The zero-order valence-corrected chi connectivity index (χ0v) is 21.6. The maximum Gasteiger partial charge on any atom is 0.203 e. The molecule has 1 aliphatic carbocycles. The molecule has 0 saturated carbocycles. The van der Waals surface area contributed by atoms with E-state index in [-0.39, 0.29) is 0 Å². The van der Waals surface area contributed by atoms with E-state index < -0.39 is 5.66 Å². The normalized spacial score (nSPS) is 14.7. The van der Waals surface area contributed by atoms with Crippen LogP contribution in [0.3, 0.4) is 0 Å². The van der Waals surface area contributed by atoms with Crippen LogP contribution in [0.2, 0.25) is 0 Å². The minimum absolute atomic E-state index is 0.547. The SMILES string of the molecule is N#Cc1ccc2c(c1)C1(N=CC(c3ccc(N4c5ccccc5Oc5ccccc54)cc3)=N1)c1cc(C#N)ccc1-2. The largest absolute Gasteiger partial charge is 0.453 e. The van der Waals surface area contributed by atoms with Crippen LogP contribution in [-0.4, -0.2) is 11.9 Å². The molecule has 0 saturated heterocycles. The lowest BCUT2D eigenvalue weighted by Gasteiger charge is -2.32. The molecule has 0 amide bonds. The fourth-order valence-corrected chi connectivity index (χ4v) is 5.97. The number of nitriles is 2. The molecule has 0 radical (unpaired) electrons. The molecule has 1 spiro atoms. The van der Waals surface area contributed by atoms with Crippen LogP contribution in [0.1, 0.15) is 27.8 Å². The highest BCUT2D eigenvalue weighted by Gasteiger charge is 2.45. The summed E-state index contributed by atoms with van der Waals surface area (Å²) >= 11 is 0. The molecule has 0 bridgehead atoms. The first-order valence-corrected chi connectivity index (χ1v) is 13.2. The summed E-state index contributed by atoms with van der Waals surface area (Å²) in [6.07, 6.45) is 1.80. The Morgan fingerprint density at radius 3 is 1.78 bits per heavy atom. The molecule has 0 atom stereocenters. The van der Waals surface area contributed by atoms with E-state index in [2.05, 4.69) is 41.3 Å². The van der Waals surface area contributed by atoms with Crippen LogP contribution in [0.4, 0.5) is 17.1 Å². The van der Waals surface area contributed by atoms with E-state index in [1.807, 2.05) is 84.9 Å². The predicted molar refractivity (Wildman–Crippen MR) is 158 cm³/mol. The van der Waals surface area contributed by atoms with Gasteiger partial charge in [0.05, 0.1) is 46.6 Å². The average molecular weight is 526 g/mol. The molecule has 2 heterocycles. The van der Waals surface area contributed by atoms with E-state index in [4.69, 9.17) is 14.7 Å². The van der Waals surface area contributed by atoms with E-state index in [9.17, 15) is 10.5 Å². The van der Waals surface area contributed by atoms with Gasteiger partial charge in [-0.05, 0) is 71.8 Å². The van der Waals surface area contributed by atoms with Gasteiger partial charge in [-0.25, -0.2) is 4.99 Å². The third-order valence-corrected chi connectivity index (χ3v) is 7.85. The number of hydrogen-bond acceptors (Lipinski definition) is 6. The molecule has 3 aliphatic rings. The zero-order valence-electron chi connectivity index (χ0n) is 21.6. The number of hydrogen-bond donors (Lipinski definition) is 0. The number of benzene rings is 5. The van der Waals surface area contributed by atoms with Crippen molar-refractivity contribution in [3.8, 4) is 34.8 Å². The van der Waals surface area contributed by atoms with Crippen LogP contribution < -0.4 is 9.64 Å². The van der Waals surface area contributed by atoms with Gasteiger partial charge >= 0.3 is 0 Å². The van der Waals surface area contributed by atoms with Gasteiger partial charge in [-0.3, -0.25) is 4.99 Å². The van der Waals surface area contributed by atoms with Gasteiger partial charge in [0.1, 0.15) is 0 Å². The summed E-state index contributed by atoms with van der Waals surface area (Å²) in [5, 5.41) is 19.2. The van der Waals surface area contributed by atoms with Gasteiger partial charge in [0.2, 0.25) is 5.66 Å². The standard InChI is InChI=1S/C35H19N5O/c36-19-22-9-15-26-27-16-10-23(20-37)18-29(27)35(28(26)17-22)38-21-30(39-35)24-11-13-25(14-12-24)40-31-5-1-3-7-33(31)41-34-8-4-2-6-32(34)40/h1-18,21H. The smallest absolute Gasteiger partial charge is 0.203 e. The van der Waals surface area contributed by atoms with Crippen LogP contribution in [0.15, 0.2) is 119 Å². The van der Waals surface area contributed by atoms with E-state index in [1.165, 1.54) is 0 Å². The number of aliphatic imine (C=N–C) groups is 2.